The van der Waals surface area contributed by atoms with Crippen LogP contribution in [0.3, 0.4) is 0 Å². The first kappa shape index (κ1) is 10.8. The fourth-order valence-corrected chi connectivity index (χ4v) is 1.38. The number of carbonyl (C=O) groups is 1. The Morgan fingerprint density at radius 3 is 2.64 bits per heavy atom. The fourth-order valence-electron chi connectivity index (χ4n) is 1.38. The van der Waals surface area contributed by atoms with Crippen molar-refractivity contribution in [1.82, 2.24) is 15.0 Å². The topological polar surface area (TPSA) is 73.8 Å². The van der Waals surface area contributed by atoms with Crippen LogP contribution in [-0.2, 0) is 7.05 Å². The molecule has 0 spiro atoms. The Morgan fingerprint density at radius 1 is 1.64 bits per heavy atom. The molecule has 1 aromatic heterocycles. The van der Waals surface area contributed by atoms with E-state index in [1.807, 2.05) is 13.8 Å². The van der Waals surface area contributed by atoms with Gasteiger partial charge in [0.05, 0.1) is 6.20 Å². The lowest BCUT2D eigenvalue weighted by Crippen LogP contribution is -2.29. The predicted octanol–water partition coefficient (Wildman–Crippen LogP) is 0.229. The Kier molecular flexibility index (Phi) is 3.35. The van der Waals surface area contributed by atoms with Crippen LogP contribution in [0.4, 0.5) is 0 Å². The maximum Gasteiger partial charge on any atom is 0.187 e. The second kappa shape index (κ2) is 4.32. The van der Waals surface area contributed by atoms with E-state index in [2.05, 4.69) is 10.3 Å². The van der Waals surface area contributed by atoms with Crippen molar-refractivity contribution in [2.24, 2.45) is 24.6 Å². The third-order valence-corrected chi connectivity index (χ3v) is 2.36. The molecule has 0 saturated carbocycles. The van der Waals surface area contributed by atoms with Gasteiger partial charge in [-0.05, 0) is 5.92 Å². The quantitative estimate of drug-likeness (QED) is 0.699. The summed E-state index contributed by atoms with van der Waals surface area (Å²) in [6.45, 7) is 4.33. The van der Waals surface area contributed by atoms with Gasteiger partial charge in [-0.1, -0.05) is 19.1 Å². The summed E-state index contributed by atoms with van der Waals surface area (Å²) in [4.78, 5) is 11.9. The average molecular weight is 196 g/mol. The molecule has 0 aliphatic rings. The zero-order valence-electron chi connectivity index (χ0n) is 8.77. The molecule has 0 amide bonds. The number of carbonyl (C=O) groups excluding carboxylic acids is 1. The van der Waals surface area contributed by atoms with Gasteiger partial charge < -0.3 is 5.73 Å². The predicted molar refractivity (Wildman–Crippen MR) is 52.7 cm³/mol. The van der Waals surface area contributed by atoms with Crippen LogP contribution < -0.4 is 5.73 Å². The molecule has 1 rings (SSSR count). The first-order valence-corrected chi connectivity index (χ1v) is 4.67. The molecule has 5 heteroatoms. The second-order valence-electron chi connectivity index (χ2n) is 3.69. The molecule has 0 fully saturated rings. The Hall–Kier alpha value is -1.23. The number of nitrogens with two attached hydrogens (primary N) is 1. The number of hydrogen-bond donors (Lipinski definition) is 1. The normalized spacial score (nSPS) is 13.2. The second-order valence-corrected chi connectivity index (χ2v) is 3.69. The van der Waals surface area contributed by atoms with Crippen molar-refractivity contribution >= 4 is 5.78 Å². The highest BCUT2D eigenvalue weighted by molar-refractivity contribution is 5.96. The fraction of sp³-hybridized carbons (Fsp3) is 0.667. The highest BCUT2D eigenvalue weighted by Crippen LogP contribution is 2.14. The minimum atomic E-state index is -0.146. The maximum atomic E-state index is 11.9. The number of hydrogen-bond acceptors (Lipinski definition) is 4. The Morgan fingerprint density at radius 2 is 2.29 bits per heavy atom. The highest BCUT2D eigenvalue weighted by atomic mass is 16.1. The van der Waals surface area contributed by atoms with Gasteiger partial charge in [0.15, 0.2) is 5.78 Å². The van der Waals surface area contributed by atoms with Gasteiger partial charge in [0.25, 0.3) is 0 Å². The third-order valence-electron chi connectivity index (χ3n) is 2.36. The average Bonchev–Trinajstić information content (AvgIpc) is 2.51. The number of rotatable bonds is 4. The molecule has 1 atom stereocenters. The molecular weight excluding hydrogens is 180 g/mol. The lowest BCUT2D eigenvalue weighted by Gasteiger charge is -2.16. The summed E-state index contributed by atoms with van der Waals surface area (Å²) in [5.74, 6) is 0.115. The van der Waals surface area contributed by atoms with E-state index in [0.717, 1.165) is 0 Å². The third kappa shape index (κ3) is 1.98. The molecule has 1 aromatic rings. The Balaban J connectivity index is 2.89. The Bertz CT molecular complexity index is 318. The van der Waals surface area contributed by atoms with Gasteiger partial charge in [-0.2, -0.15) is 0 Å². The van der Waals surface area contributed by atoms with E-state index in [0.29, 0.717) is 12.2 Å². The van der Waals surface area contributed by atoms with Crippen LogP contribution in [-0.4, -0.2) is 27.3 Å². The number of Topliss-reactive ketones (excluding diaryl/α,β-unsaturated/α-hetero) is 1. The molecular formula is C9H16N4O. The van der Waals surface area contributed by atoms with Crippen molar-refractivity contribution in [1.29, 1.82) is 0 Å². The van der Waals surface area contributed by atoms with Gasteiger partial charge >= 0.3 is 0 Å². The zero-order chi connectivity index (χ0) is 10.7. The van der Waals surface area contributed by atoms with Crippen LogP contribution in [0.5, 0.6) is 0 Å². The standard InChI is InChI=1S/C9H16N4O/c1-6(2)7(4-10)9(14)8-5-11-12-13(8)3/h5-7H,4,10H2,1-3H3. The summed E-state index contributed by atoms with van der Waals surface area (Å²) in [5, 5.41) is 7.39. The van der Waals surface area contributed by atoms with Crippen LogP contribution in [0.1, 0.15) is 24.3 Å². The van der Waals surface area contributed by atoms with Crippen LogP contribution in [0, 0.1) is 11.8 Å². The molecule has 0 radical (unpaired) electrons. The van der Waals surface area contributed by atoms with E-state index in [-0.39, 0.29) is 17.6 Å². The molecule has 1 unspecified atom stereocenters. The minimum absolute atomic E-state index is 0.0231. The van der Waals surface area contributed by atoms with E-state index >= 15 is 0 Å². The molecule has 2 N–H and O–H groups in total. The van der Waals surface area contributed by atoms with Gasteiger partial charge in [-0.25, -0.2) is 4.68 Å². The SMILES string of the molecule is CC(C)C(CN)C(=O)c1cnnn1C. The number of aryl methyl sites for hydroxylation is 1. The van der Waals surface area contributed by atoms with Crippen LogP contribution in [0.2, 0.25) is 0 Å². The summed E-state index contributed by atoms with van der Waals surface area (Å²) >= 11 is 0. The van der Waals surface area contributed by atoms with Crippen LogP contribution in [0.15, 0.2) is 6.20 Å². The maximum absolute atomic E-state index is 11.9. The van der Waals surface area contributed by atoms with Gasteiger partial charge in [0.1, 0.15) is 5.69 Å². The van der Waals surface area contributed by atoms with Crippen molar-refractivity contribution in [2.45, 2.75) is 13.8 Å². The van der Waals surface area contributed by atoms with Gasteiger partial charge in [0, 0.05) is 19.5 Å². The summed E-state index contributed by atoms with van der Waals surface area (Å²) in [5.41, 5.74) is 6.08. The van der Waals surface area contributed by atoms with Gasteiger partial charge in [0.2, 0.25) is 0 Å². The number of ketones is 1. The van der Waals surface area contributed by atoms with Crippen molar-refractivity contribution in [3.8, 4) is 0 Å². The van der Waals surface area contributed by atoms with E-state index in [1.165, 1.54) is 10.9 Å². The summed E-state index contributed by atoms with van der Waals surface area (Å²) in [7, 11) is 1.70. The number of nitrogens with zero attached hydrogens (tertiary/aromatic N) is 3. The van der Waals surface area contributed by atoms with Gasteiger partial charge in [-0.3, -0.25) is 4.79 Å². The summed E-state index contributed by atoms with van der Waals surface area (Å²) in [6.07, 6.45) is 1.48. The zero-order valence-corrected chi connectivity index (χ0v) is 8.77. The largest absolute Gasteiger partial charge is 0.330 e. The molecule has 14 heavy (non-hydrogen) atoms. The van der Waals surface area contributed by atoms with Crippen molar-refractivity contribution in [3.05, 3.63) is 11.9 Å². The first-order valence-electron chi connectivity index (χ1n) is 4.67. The van der Waals surface area contributed by atoms with Crippen molar-refractivity contribution < 1.29 is 4.79 Å². The lowest BCUT2D eigenvalue weighted by atomic mass is 9.90. The summed E-state index contributed by atoms with van der Waals surface area (Å²) < 4.78 is 1.48. The van der Waals surface area contributed by atoms with Gasteiger partial charge in [-0.15, -0.1) is 5.10 Å². The number of aromatic nitrogens is 3. The molecule has 0 bridgehead atoms. The van der Waals surface area contributed by atoms with Crippen LogP contribution in [0.25, 0.3) is 0 Å². The molecule has 78 valence electrons. The van der Waals surface area contributed by atoms with E-state index in [1.54, 1.807) is 7.05 Å². The van der Waals surface area contributed by atoms with Crippen LogP contribution >= 0.6 is 0 Å². The smallest absolute Gasteiger partial charge is 0.187 e. The Labute approximate surface area is 83.3 Å². The van der Waals surface area contributed by atoms with E-state index in [9.17, 15) is 4.79 Å². The van der Waals surface area contributed by atoms with Crippen molar-refractivity contribution in [2.75, 3.05) is 6.54 Å². The first-order chi connectivity index (χ1) is 6.57. The molecule has 0 aliphatic carbocycles. The molecule has 0 aliphatic heterocycles. The minimum Gasteiger partial charge on any atom is -0.330 e. The molecule has 1 heterocycles. The lowest BCUT2D eigenvalue weighted by molar-refractivity contribution is 0.0882. The highest BCUT2D eigenvalue weighted by Gasteiger charge is 2.24. The monoisotopic (exact) mass is 196 g/mol. The van der Waals surface area contributed by atoms with Crippen molar-refractivity contribution in [3.63, 3.8) is 0 Å². The van der Waals surface area contributed by atoms with E-state index < -0.39 is 0 Å². The summed E-state index contributed by atoms with van der Waals surface area (Å²) in [6, 6.07) is 0. The molecule has 5 nitrogen and oxygen atoms in total. The van der Waals surface area contributed by atoms with E-state index in [4.69, 9.17) is 5.73 Å². The molecule has 0 aromatic carbocycles. The molecule has 0 saturated heterocycles.